The average Bonchev–Trinajstić information content (AvgIpc) is 2.62. The summed E-state index contributed by atoms with van der Waals surface area (Å²) in [4.78, 5) is 26.3. The molecule has 5 heteroatoms. The molecule has 0 aliphatic carbocycles. The summed E-state index contributed by atoms with van der Waals surface area (Å²) in [5.74, 6) is 1.13. The number of fused-ring (bicyclic) bond motifs is 1. The van der Waals surface area contributed by atoms with Crippen LogP contribution >= 0.6 is 0 Å². The molecule has 130 valence electrons. The Bertz CT molecular complexity index is 593. The van der Waals surface area contributed by atoms with E-state index in [1.807, 2.05) is 30.0 Å². The average molecular weight is 331 g/mol. The summed E-state index contributed by atoms with van der Waals surface area (Å²) in [6.45, 7) is 4.20. The second-order valence-electron chi connectivity index (χ2n) is 6.48. The first kappa shape index (κ1) is 16.8. The quantitative estimate of drug-likeness (QED) is 0.796. The molecular weight excluding hydrogens is 306 g/mol. The van der Waals surface area contributed by atoms with Gasteiger partial charge in [-0.3, -0.25) is 9.59 Å². The monoisotopic (exact) mass is 331 g/mol. The Labute approximate surface area is 142 Å². The van der Waals surface area contributed by atoms with Crippen molar-refractivity contribution in [2.75, 3.05) is 26.3 Å². The highest BCUT2D eigenvalue weighted by Gasteiger charge is 2.30. The number of esters is 1. The molecule has 0 spiro atoms. The topological polar surface area (TPSA) is 55.8 Å². The maximum atomic E-state index is 12.6. The lowest BCUT2D eigenvalue weighted by molar-refractivity contribution is -0.151. The van der Waals surface area contributed by atoms with Gasteiger partial charge in [0.2, 0.25) is 5.91 Å². The maximum absolute atomic E-state index is 12.6. The summed E-state index contributed by atoms with van der Waals surface area (Å²) in [6.07, 6.45) is 2.80. The van der Waals surface area contributed by atoms with Crippen molar-refractivity contribution in [1.29, 1.82) is 0 Å². The van der Waals surface area contributed by atoms with E-state index in [0.29, 0.717) is 45.6 Å². The van der Waals surface area contributed by atoms with Gasteiger partial charge in [0.15, 0.2) is 0 Å². The first-order valence-corrected chi connectivity index (χ1v) is 8.85. The molecule has 1 aromatic rings. The molecule has 0 saturated carbocycles. The van der Waals surface area contributed by atoms with Crippen molar-refractivity contribution in [3.63, 3.8) is 0 Å². The smallest absolute Gasteiger partial charge is 0.309 e. The SMILES string of the molecule is CCOC(=O)C1CCN(C(=O)CC2CCOc3ccccc32)CC1. The number of hydrogen-bond acceptors (Lipinski definition) is 4. The zero-order chi connectivity index (χ0) is 16.9. The highest BCUT2D eigenvalue weighted by Crippen LogP contribution is 2.36. The first-order valence-electron chi connectivity index (χ1n) is 8.85. The van der Waals surface area contributed by atoms with Crippen LogP contribution in [0.25, 0.3) is 0 Å². The van der Waals surface area contributed by atoms with Gasteiger partial charge >= 0.3 is 5.97 Å². The first-order chi connectivity index (χ1) is 11.7. The Balaban J connectivity index is 1.55. The predicted octanol–water partition coefficient (Wildman–Crippen LogP) is 2.74. The minimum absolute atomic E-state index is 0.0576. The Morgan fingerprint density at radius 1 is 1.21 bits per heavy atom. The number of carbonyl (C=O) groups excluding carboxylic acids is 2. The van der Waals surface area contributed by atoms with Crippen LogP contribution in [0.1, 0.15) is 44.1 Å². The number of likely N-dealkylation sites (tertiary alicyclic amines) is 1. The van der Waals surface area contributed by atoms with Crippen molar-refractivity contribution in [2.45, 2.75) is 38.5 Å². The van der Waals surface area contributed by atoms with Gasteiger partial charge < -0.3 is 14.4 Å². The second-order valence-corrected chi connectivity index (χ2v) is 6.48. The van der Waals surface area contributed by atoms with E-state index in [2.05, 4.69) is 6.07 Å². The molecule has 1 aromatic carbocycles. The van der Waals surface area contributed by atoms with E-state index in [1.165, 1.54) is 0 Å². The largest absolute Gasteiger partial charge is 0.493 e. The second kappa shape index (κ2) is 7.69. The number of carbonyl (C=O) groups is 2. The summed E-state index contributed by atoms with van der Waals surface area (Å²) in [7, 11) is 0. The third kappa shape index (κ3) is 3.71. The Kier molecular flexibility index (Phi) is 5.38. The van der Waals surface area contributed by atoms with Crippen LogP contribution in [0.2, 0.25) is 0 Å². The van der Waals surface area contributed by atoms with Crippen LogP contribution in [0.3, 0.4) is 0 Å². The molecule has 24 heavy (non-hydrogen) atoms. The number of nitrogens with zero attached hydrogens (tertiary/aromatic N) is 1. The van der Waals surface area contributed by atoms with E-state index in [4.69, 9.17) is 9.47 Å². The van der Waals surface area contributed by atoms with Crippen molar-refractivity contribution in [2.24, 2.45) is 5.92 Å². The summed E-state index contributed by atoms with van der Waals surface area (Å²) >= 11 is 0. The third-order valence-electron chi connectivity index (χ3n) is 4.97. The van der Waals surface area contributed by atoms with Crippen LogP contribution in [0, 0.1) is 5.92 Å². The molecular formula is C19H25NO4. The lowest BCUT2D eigenvalue weighted by atomic mass is 9.89. The standard InChI is InChI=1S/C19H25NO4/c1-2-23-19(22)14-7-10-20(11-8-14)18(21)13-15-9-12-24-17-6-4-3-5-16(15)17/h3-6,14-15H,2,7-13H2,1H3. The van der Waals surface area contributed by atoms with Gasteiger partial charge in [-0.05, 0) is 43.7 Å². The highest BCUT2D eigenvalue weighted by molar-refractivity contribution is 5.78. The molecule has 1 saturated heterocycles. The molecule has 0 radical (unpaired) electrons. The summed E-state index contributed by atoms with van der Waals surface area (Å²) in [5.41, 5.74) is 1.14. The van der Waals surface area contributed by atoms with Gasteiger partial charge in [-0.1, -0.05) is 18.2 Å². The van der Waals surface area contributed by atoms with Gasteiger partial charge in [0, 0.05) is 19.5 Å². The van der Waals surface area contributed by atoms with Crippen molar-refractivity contribution >= 4 is 11.9 Å². The molecule has 1 unspecified atom stereocenters. The molecule has 1 atom stereocenters. The minimum Gasteiger partial charge on any atom is -0.493 e. The van der Waals surface area contributed by atoms with Gasteiger partial charge in [0.1, 0.15) is 5.75 Å². The minimum atomic E-state index is -0.122. The molecule has 2 heterocycles. The van der Waals surface area contributed by atoms with Crippen LogP contribution in [0.5, 0.6) is 5.75 Å². The molecule has 0 aromatic heterocycles. The van der Waals surface area contributed by atoms with E-state index >= 15 is 0 Å². The zero-order valence-corrected chi connectivity index (χ0v) is 14.2. The van der Waals surface area contributed by atoms with E-state index in [1.54, 1.807) is 0 Å². The van der Waals surface area contributed by atoms with Crippen molar-refractivity contribution < 1.29 is 19.1 Å². The number of amides is 1. The fourth-order valence-corrected chi connectivity index (χ4v) is 3.59. The van der Waals surface area contributed by atoms with Gasteiger partial charge in [-0.2, -0.15) is 0 Å². The molecule has 2 aliphatic heterocycles. The lowest BCUT2D eigenvalue weighted by Gasteiger charge is -2.33. The third-order valence-corrected chi connectivity index (χ3v) is 4.97. The van der Waals surface area contributed by atoms with Crippen LogP contribution in [0.4, 0.5) is 0 Å². The Hall–Kier alpha value is -2.04. The highest BCUT2D eigenvalue weighted by atomic mass is 16.5. The van der Waals surface area contributed by atoms with E-state index in [-0.39, 0.29) is 23.7 Å². The fourth-order valence-electron chi connectivity index (χ4n) is 3.59. The van der Waals surface area contributed by atoms with E-state index in [0.717, 1.165) is 17.7 Å². The lowest BCUT2D eigenvalue weighted by Crippen LogP contribution is -2.41. The van der Waals surface area contributed by atoms with Crippen molar-refractivity contribution in [3.8, 4) is 5.75 Å². The Morgan fingerprint density at radius 2 is 1.96 bits per heavy atom. The van der Waals surface area contributed by atoms with Gasteiger partial charge in [0.05, 0.1) is 19.1 Å². The molecule has 0 N–H and O–H groups in total. The predicted molar refractivity (Wildman–Crippen MR) is 89.8 cm³/mol. The van der Waals surface area contributed by atoms with Crippen LogP contribution in [-0.2, 0) is 14.3 Å². The van der Waals surface area contributed by atoms with Crippen LogP contribution < -0.4 is 4.74 Å². The van der Waals surface area contributed by atoms with Gasteiger partial charge in [-0.15, -0.1) is 0 Å². The molecule has 3 rings (SSSR count). The summed E-state index contributed by atoms with van der Waals surface area (Å²) < 4.78 is 10.7. The number of ether oxygens (including phenoxy) is 2. The number of benzene rings is 1. The summed E-state index contributed by atoms with van der Waals surface area (Å²) in [6, 6.07) is 7.98. The Morgan fingerprint density at radius 3 is 2.71 bits per heavy atom. The normalized spacial score (nSPS) is 20.9. The maximum Gasteiger partial charge on any atom is 0.309 e. The van der Waals surface area contributed by atoms with Gasteiger partial charge in [0.25, 0.3) is 0 Å². The van der Waals surface area contributed by atoms with Crippen molar-refractivity contribution in [1.82, 2.24) is 4.90 Å². The number of para-hydroxylation sites is 1. The van der Waals surface area contributed by atoms with E-state index in [9.17, 15) is 9.59 Å². The number of piperidine rings is 1. The molecule has 1 fully saturated rings. The molecule has 5 nitrogen and oxygen atoms in total. The number of rotatable bonds is 4. The van der Waals surface area contributed by atoms with Crippen LogP contribution in [-0.4, -0.2) is 43.1 Å². The number of hydrogen-bond donors (Lipinski definition) is 0. The van der Waals surface area contributed by atoms with Crippen molar-refractivity contribution in [3.05, 3.63) is 29.8 Å². The molecule has 2 aliphatic rings. The molecule has 0 bridgehead atoms. The van der Waals surface area contributed by atoms with E-state index < -0.39 is 0 Å². The molecule has 1 amide bonds. The fraction of sp³-hybridized carbons (Fsp3) is 0.579. The van der Waals surface area contributed by atoms with Crippen LogP contribution in [0.15, 0.2) is 24.3 Å². The van der Waals surface area contributed by atoms with Gasteiger partial charge in [-0.25, -0.2) is 0 Å². The zero-order valence-electron chi connectivity index (χ0n) is 14.2. The summed E-state index contributed by atoms with van der Waals surface area (Å²) in [5, 5.41) is 0.